The number of carbonyl (C=O) groups is 1. The Hall–Kier alpha value is -2.80. The largest absolute Gasteiger partial charge is 0.462 e. The Balaban J connectivity index is 1.81. The number of aromatic nitrogens is 4. The lowest BCUT2D eigenvalue weighted by molar-refractivity contribution is 0.0526. The first kappa shape index (κ1) is 13.8. The third-order valence-corrected chi connectivity index (χ3v) is 4.46. The van der Waals surface area contributed by atoms with Crippen LogP contribution in [0.3, 0.4) is 0 Å². The second kappa shape index (κ2) is 5.44. The minimum Gasteiger partial charge on any atom is -0.462 e. The molecule has 0 unspecified atom stereocenters. The fraction of sp³-hybridized carbons (Fsp3) is 0.125. The molecule has 1 aromatic carbocycles. The Kier molecular flexibility index (Phi) is 3.27. The van der Waals surface area contributed by atoms with Crippen LogP contribution in [0.1, 0.15) is 17.3 Å². The summed E-state index contributed by atoms with van der Waals surface area (Å²) in [5.41, 5.74) is 3.02. The second-order valence-corrected chi connectivity index (χ2v) is 5.90. The molecule has 3 aromatic heterocycles. The number of esters is 1. The molecule has 4 aromatic rings. The van der Waals surface area contributed by atoms with E-state index >= 15 is 0 Å². The molecule has 0 N–H and O–H groups in total. The summed E-state index contributed by atoms with van der Waals surface area (Å²) in [6, 6.07) is 7.21. The number of hydrogen-bond acceptors (Lipinski definition) is 6. The Morgan fingerprint density at radius 1 is 1.39 bits per heavy atom. The van der Waals surface area contributed by atoms with Gasteiger partial charge in [0.05, 0.1) is 34.1 Å². The van der Waals surface area contributed by atoms with Gasteiger partial charge in [0.15, 0.2) is 5.65 Å². The van der Waals surface area contributed by atoms with Gasteiger partial charge in [-0.1, -0.05) is 0 Å². The Bertz CT molecular complexity index is 1020. The van der Waals surface area contributed by atoms with Gasteiger partial charge >= 0.3 is 5.97 Å². The number of fused-ring (bicyclic) bond motifs is 2. The normalized spacial score (nSPS) is 11.2. The van der Waals surface area contributed by atoms with Gasteiger partial charge in [0, 0.05) is 12.4 Å². The highest BCUT2D eigenvalue weighted by Crippen LogP contribution is 2.32. The lowest BCUT2D eigenvalue weighted by Gasteiger charge is -2.00. The minimum absolute atomic E-state index is 0.318. The van der Waals surface area contributed by atoms with Gasteiger partial charge in [0.2, 0.25) is 0 Å². The number of thiazole rings is 1. The molecule has 6 nitrogen and oxygen atoms in total. The molecular formula is C16H12N4O2S. The highest BCUT2D eigenvalue weighted by molar-refractivity contribution is 7.21. The van der Waals surface area contributed by atoms with Gasteiger partial charge in [0.25, 0.3) is 0 Å². The van der Waals surface area contributed by atoms with Crippen LogP contribution in [-0.2, 0) is 4.74 Å². The fourth-order valence-corrected chi connectivity index (χ4v) is 3.37. The van der Waals surface area contributed by atoms with E-state index < -0.39 is 0 Å². The molecule has 0 saturated heterocycles. The molecule has 0 amide bonds. The molecule has 114 valence electrons. The number of carbonyl (C=O) groups excluding carboxylic acids is 1. The van der Waals surface area contributed by atoms with Gasteiger partial charge in [-0.05, 0) is 31.2 Å². The van der Waals surface area contributed by atoms with Crippen LogP contribution in [0.5, 0.6) is 0 Å². The predicted molar refractivity (Wildman–Crippen MR) is 87.6 cm³/mol. The fourth-order valence-electron chi connectivity index (χ4n) is 2.36. The van der Waals surface area contributed by atoms with Crippen molar-refractivity contribution < 1.29 is 9.53 Å². The van der Waals surface area contributed by atoms with Gasteiger partial charge in [-0.3, -0.25) is 0 Å². The Morgan fingerprint density at radius 2 is 2.30 bits per heavy atom. The summed E-state index contributed by atoms with van der Waals surface area (Å²) in [5.74, 6) is -0.318. The molecule has 0 bridgehead atoms. The summed E-state index contributed by atoms with van der Waals surface area (Å²) in [5, 5.41) is 5.11. The first-order chi connectivity index (χ1) is 11.3. The molecule has 0 fully saturated rings. The van der Waals surface area contributed by atoms with Crippen LogP contribution in [0, 0.1) is 0 Å². The van der Waals surface area contributed by atoms with Gasteiger partial charge < -0.3 is 4.74 Å². The molecule has 0 saturated carbocycles. The molecule has 7 heteroatoms. The van der Waals surface area contributed by atoms with E-state index in [1.54, 1.807) is 29.9 Å². The molecule has 0 radical (unpaired) electrons. The van der Waals surface area contributed by atoms with Gasteiger partial charge in [-0.15, -0.1) is 11.3 Å². The van der Waals surface area contributed by atoms with Crippen molar-refractivity contribution in [2.75, 3.05) is 6.61 Å². The third kappa shape index (κ3) is 2.35. The van der Waals surface area contributed by atoms with E-state index in [0.717, 1.165) is 26.4 Å². The molecule has 23 heavy (non-hydrogen) atoms. The molecule has 4 rings (SSSR count). The standard InChI is InChI=1S/C16H12N4O2S/c1-2-22-16(21)10-4-5-12-13(8-10)23-15(19-12)11-9-18-20-7-3-6-17-14(11)20/h3-9H,2H2,1H3. The topological polar surface area (TPSA) is 69.4 Å². The molecule has 0 aliphatic rings. The summed E-state index contributed by atoms with van der Waals surface area (Å²) >= 11 is 1.51. The van der Waals surface area contributed by atoms with Crippen molar-refractivity contribution in [1.82, 2.24) is 19.6 Å². The smallest absolute Gasteiger partial charge is 0.338 e. The first-order valence-electron chi connectivity index (χ1n) is 7.12. The van der Waals surface area contributed by atoms with E-state index in [1.165, 1.54) is 11.3 Å². The summed E-state index contributed by atoms with van der Waals surface area (Å²) in [7, 11) is 0. The van der Waals surface area contributed by atoms with E-state index in [2.05, 4.69) is 15.1 Å². The number of nitrogens with zero attached hydrogens (tertiary/aromatic N) is 4. The average molecular weight is 324 g/mol. The Labute approximate surface area is 135 Å². The Morgan fingerprint density at radius 3 is 3.17 bits per heavy atom. The third-order valence-electron chi connectivity index (χ3n) is 3.41. The average Bonchev–Trinajstić information content (AvgIpc) is 3.17. The zero-order chi connectivity index (χ0) is 15.8. The summed E-state index contributed by atoms with van der Waals surface area (Å²) in [6.07, 6.45) is 5.33. The van der Waals surface area contributed by atoms with Crippen molar-refractivity contribution in [3.8, 4) is 10.6 Å². The maximum Gasteiger partial charge on any atom is 0.338 e. The van der Waals surface area contributed by atoms with E-state index in [0.29, 0.717) is 12.2 Å². The lowest BCUT2D eigenvalue weighted by Crippen LogP contribution is -2.03. The molecule has 0 aliphatic carbocycles. The number of rotatable bonds is 3. The van der Waals surface area contributed by atoms with Gasteiger partial charge in [-0.2, -0.15) is 5.10 Å². The zero-order valence-corrected chi connectivity index (χ0v) is 13.1. The van der Waals surface area contributed by atoms with Crippen molar-refractivity contribution in [3.05, 3.63) is 48.4 Å². The van der Waals surface area contributed by atoms with E-state index in [9.17, 15) is 4.79 Å². The van der Waals surface area contributed by atoms with Crippen LogP contribution >= 0.6 is 11.3 Å². The van der Waals surface area contributed by atoms with Crippen molar-refractivity contribution in [3.63, 3.8) is 0 Å². The monoisotopic (exact) mass is 324 g/mol. The van der Waals surface area contributed by atoms with Crippen molar-refractivity contribution >= 4 is 33.2 Å². The SMILES string of the molecule is CCOC(=O)c1ccc2nc(-c3cnn4cccnc34)sc2c1. The van der Waals surface area contributed by atoms with Crippen LogP contribution < -0.4 is 0 Å². The molecule has 3 heterocycles. The predicted octanol–water partition coefficient (Wildman–Crippen LogP) is 3.18. The van der Waals surface area contributed by atoms with Crippen LogP contribution in [0.2, 0.25) is 0 Å². The van der Waals surface area contributed by atoms with Crippen molar-refractivity contribution in [2.45, 2.75) is 6.92 Å². The van der Waals surface area contributed by atoms with Crippen molar-refractivity contribution in [1.29, 1.82) is 0 Å². The quantitative estimate of drug-likeness (QED) is 0.541. The maximum absolute atomic E-state index is 11.8. The summed E-state index contributed by atoms with van der Waals surface area (Å²) in [4.78, 5) is 20.8. The molecule has 0 spiro atoms. The first-order valence-corrected chi connectivity index (χ1v) is 7.94. The second-order valence-electron chi connectivity index (χ2n) is 4.87. The van der Waals surface area contributed by atoms with Crippen LogP contribution in [0.4, 0.5) is 0 Å². The lowest BCUT2D eigenvalue weighted by atomic mass is 10.2. The summed E-state index contributed by atoms with van der Waals surface area (Å²) in [6.45, 7) is 2.15. The summed E-state index contributed by atoms with van der Waals surface area (Å²) < 4.78 is 7.68. The van der Waals surface area contributed by atoms with E-state index in [1.807, 2.05) is 24.4 Å². The highest BCUT2D eigenvalue weighted by Gasteiger charge is 2.14. The van der Waals surface area contributed by atoms with Gasteiger partial charge in [-0.25, -0.2) is 19.3 Å². The maximum atomic E-state index is 11.8. The number of hydrogen-bond donors (Lipinski definition) is 0. The zero-order valence-electron chi connectivity index (χ0n) is 12.3. The molecule has 0 aliphatic heterocycles. The van der Waals surface area contributed by atoms with Crippen LogP contribution in [0.25, 0.3) is 26.4 Å². The minimum atomic E-state index is -0.318. The number of ether oxygens (including phenoxy) is 1. The van der Waals surface area contributed by atoms with E-state index in [4.69, 9.17) is 4.74 Å². The van der Waals surface area contributed by atoms with E-state index in [-0.39, 0.29) is 5.97 Å². The van der Waals surface area contributed by atoms with Crippen molar-refractivity contribution in [2.24, 2.45) is 0 Å². The van der Waals surface area contributed by atoms with Crippen LogP contribution in [-0.4, -0.2) is 32.2 Å². The molecular weight excluding hydrogens is 312 g/mol. The molecule has 0 atom stereocenters. The van der Waals surface area contributed by atoms with Crippen LogP contribution in [0.15, 0.2) is 42.9 Å². The van der Waals surface area contributed by atoms with Gasteiger partial charge in [0.1, 0.15) is 5.01 Å². The number of benzene rings is 1. The highest BCUT2D eigenvalue weighted by atomic mass is 32.1.